The Hall–Kier alpha value is -0.930. The molecule has 0 radical (unpaired) electrons. The van der Waals surface area contributed by atoms with E-state index >= 15 is 0 Å². The summed E-state index contributed by atoms with van der Waals surface area (Å²) in [5.41, 5.74) is 1.30. The highest BCUT2D eigenvalue weighted by atomic mass is 35.5. The number of ether oxygens (including phenoxy) is 2. The summed E-state index contributed by atoms with van der Waals surface area (Å²) in [4.78, 5) is 0. The van der Waals surface area contributed by atoms with Crippen LogP contribution in [0.5, 0.6) is 11.5 Å². The van der Waals surface area contributed by atoms with Crippen molar-refractivity contribution in [2.45, 2.75) is 5.92 Å². The Kier molecular flexibility index (Phi) is 3.26. The van der Waals surface area contributed by atoms with Gasteiger partial charge in [0.15, 0.2) is 0 Å². The second kappa shape index (κ2) is 4.52. The number of halogens is 1. The van der Waals surface area contributed by atoms with Gasteiger partial charge in [0.05, 0.1) is 13.7 Å². The van der Waals surface area contributed by atoms with E-state index in [1.165, 1.54) is 5.56 Å². The molecule has 0 aromatic heterocycles. The second-order valence-corrected chi connectivity index (χ2v) is 4.24. The minimum atomic E-state index is 0. The average Bonchev–Trinajstić information content (AvgIpc) is 2.76. The number of hydrogen-bond donors (Lipinski definition) is 1. The molecule has 0 saturated carbocycles. The van der Waals surface area contributed by atoms with Gasteiger partial charge in [-0.15, -0.1) is 12.4 Å². The molecule has 2 unspecified atom stereocenters. The number of fused-ring (bicyclic) bond motifs is 3. The smallest absolute Gasteiger partial charge is 0.123 e. The van der Waals surface area contributed by atoms with E-state index < -0.39 is 0 Å². The fraction of sp³-hybridized carbons (Fsp3) is 0.500. The quantitative estimate of drug-likeness (QED) is 0.814. The molecule has 2 heterocycles. The highest BCUT2D eigenvalue weighted by Crippen LogP contribution is 2.40. The van der Waals surface area contributed by atoms with E-state index in [0.717, 1.165) is 31.2 Å². The normalized spacial score (nSPS) is 26.1. The molecule has 0 aliphatic carbocycles. The molecule has 0 amide bonds. The van der Waals surface area contributed by atoms with Crippen molar-refractivity contribution in [1.82, 2.24) is 5.32 Å². The van der Waals surface area contributed by atoms with Crippen molar-refractivity contribution in [3.05, 3.63) is 23.8 Å². The van der Waals surface area contributed by atoms with E-state index in [-0.39, 0.29) is 12.4 Å². The first kappa shape index (κ1) is 11.6. The Labute approximate surface area is 102 Å². The molecule has 1 aromatic rings. The highest BCUT2D eigenvalue weighted by Gasteiger charge is 2.34. The van der Waals surface area contributed by atoms with E-state index in [2.05, 4.69) is 11.4 Å². The van der Waals surface area contributed by atoms with Crippen LogP contribution < -0.4 is 14.8 Å². The third-order valence-corrected chi connectivity index (χ3v) is 3.41. The predicted molar refractivity (Wildman–Crippen MR) is 64.8 cm³/mol. The Morgan fingerprint density at radius 1 is 1.38 bits per heavy atom. The zero-order chi connectivity index (χ0) is 10.3. The largest absolute Gasteiger partial charge is 0.497 e. The minimum absolute atomic E-state index is 0. The third kappa shape index (κ3) is 1.74. The van der Waals surface area contributed by atoms with Crippen molar-refractivity contribution in [2.75, 3.05) is 26.8 Å². The summed E-state index contributed by atoms with van der Waals surface area (Å²) < 4.78 is 11.0. The molecule has 2 aliphatic rings. The van der Waals surface area contributed by atoms with Crippen LogP contribution in [0, 0.1) is 5.92 Å². The van der Waals surface area contributed by atoms with Gasteiger partial charge in [-0.2, -0.15) is 0 Å². The third-order valence-electron chi connectivity index (χ3n) is 3.41. The van der Waals surface area contributed by atoms with Crippen LogP contribution in [0.1, 0.15) is 11.5 Å². The zero-order valence-electron chi connectivity index (χ0n) is 9.23. The van der Waals surface area contributed by atoms with Gasteiger partial charge in [0, 0.05) is 30.5 Å². The number of hydrogen-bond acceptors (Lipinski definition) is 3. The summed E-state index contributed by atoms with van der Waals surface area (Å²) in [6.45, 7) is 2.98. The first-order valence-corrected chi connectivity index (χ1v) is 5.40. The van der Waals surface area contributed by atoms with Gasteiger partial charge in [0.2, 0.25) is 0 Å². The second-order valence-electron chi connectivity index (χ2n) is 4.24. The van der Waals surface area contributed by atoms with Crippen molar-refractivity contribution >= 4 is 12.4 Å². The molecule has 0 spiro atoms. The zero-order valence-corrected chi connectivity index (χ0v) is 10.0. The van der Waals surface area contributed by atoms with Crippen LogP contribution >= 0.6 is 12.4 Å². The Balaban J connectivity index is 0.000000963. The molecule has 3 rings (SSSR count). The molecular formula is C12H16ClNO2. The van der Waals surface area contributed by atoms with Gasteiger partial charge >= 0.3 is 0 Å². The molecule has 1 aromatic carbocycles. The predicted octanol–water partition coefficient (Wildman–Crippen LogP) is 1.81. The minimum Gasteiger partial charge on any atom is -0.497 e. The number of nitrogens with one attached hydrogen (secondary N) is 1. The van der Waals surface area contributed by atoms with Crippen molar-refractivity contribution in [1.29, 1.82) is 0 Å². The summed E-state index contributed by atoms with van der Waals surface area (Å²) in [5.74, 6) is 3.18. The Bertz CT molecular complexity index is 383. The summed E-state index contributed by atoms with van der Waals surface area (Å²) in [7, 11) is 1.70. The SMILES string of the molecule is COc1ccc2c(c1)C1CNCC1CO2.Cl. The molecule has 2 atom stereocenters. The summed E-state index contributed by atoms with van der Waals surface area (Å²) in [6.07, 6.45) is 0. The molecule has 2 aliphatic heterocycles. The van der Waals surface area contributed by atoms with Crippen LogP contribution in [0.2, 0.25) is 0 Å². The Morgan fingerprint density at radius 3 is 3.06 bits per heavy atom. The summed E-state index contributed by atoms with van der Waals surface area (Å²) in [5, 5.41) is 3.42. The van der Waals surface area contributed by atoms with Crippen molar-refractivity contribution in [2.24, 2.45) is 5.92 Å². The maximum Gasteiger partial charge on any atom is 0.123 e. The lowest BCUT2D eigenvalue weighted by molar-refractivity contribution is 0.219. The standard InChI is InChI=1S/C12H15NO2.ClH/c1-14-9-2-3-12-10(4-9)11-6-13-5-8(11)7-15-12;/h2-4,8,11,13H,5-7H2,1H3;1H. The first-order chi connectivity index (χ1) is 7.38. The monoisotopic (exact) mass is 241 g/mol. The van der Waals surface area contributed by atoms with E-state index in [9.17, 15) is 0 Å². The molecule has 3 nitrogen and oxygen atoms in total. The van der Waals surface area contributed by atoms with E-state index in [4.69, 9.17) is 9.47 Å². The van der Waals surface area contributed by atoms with Crippen molar-refractivity contribution < 1.29 is 9.47 Å². The topological polar surface area (TPSA) is 30.5 Å². The Morgan fingerprint density at radius 2 is 2.25 bits per heavy atom. The van der Waals surface area contributed by atoms with E-state index in [1.807, 2.05) is 12.1 Å². The van der Waals surface area contributed by atoms with Crippen LogP contribution in [-0.2, 0) is 0 Å². The summed E-state index contributed by atoms with van der Waals surface area (Å²) in [6, 6.07) is 6.09. The molecular weight excluding hydrogens is 226 g/mol. The molecule has 1 saturated heterocycles. The fourth-order valence-electron chi connectivity index (χ4n) is 2.54. The number of benzene rings is 1. The van der Waals surface area contributed by atoms with E-state index in [1.54, 1.807) is 7.11 Å². The van der Waals surface area contributed by atoms with Crippen LogP contribution in [0.3, 0.4) is 0 Å². The van der Waals surface area contributed by atoms with Gasteiger partial charge in [-0.3, -0.25) is 0 Å². The molecule has 88 valence electrons. The van der Waals surface area contributed by atoms with Crippen LogP contribution in [0.4, 0.5) is 0 Å². The molecule has 0 bridgehead atoms. The van der Waals surface area contributed by atoms with Crippen molar-refractivity contribution in [3.8, 4) is 11.5 Å². The van der Waals surface area contributed by atoms with Crippen LogP contribution in [0.15, 0.2) is 18.2 Å². The van der Waals surface area contributed by atoms with Gasteiger partial charge in [0.1, 0.15) is 11.5 Å². The molecule has 1 fully saturated rings. The van der Waals surface area contributed by atoms with Crippen molar-refractivity contribution in [3.63, 3.8) is 0 Å². The van der Waals surface area contributed by atoms with Gasteiger partial charge < -0.3 is 14.8 Å². The van der Waals surface area contributed by atoms with Gasteiger partial charge in [-0.05, 0) is 18.2 Å². The van der Waals surface area contributed by atoms with E-state index in [0.29, 0.717) is 11.8 Å². The molecule has 4 heteroatoms. The number of methoxy groups -OCH3 is 1. The average molecular weight is 242 g/mol. The van der Waals surface area contributed by atoms with Crippen LogP contribution in [-0.4, -0.2) is 26.8 Å². The lowest BCUT2D eigenvalue weighted by Crippen LogP contribution is -2.24. The lowest BCUT2D eigenvalue weighted by Gasteiger charge is -2.28. The molecule has 16 heavy (non-hydrogen) atoms. The first-order valence-electron chi connectivity index (χ1n) is 5.40. The highest BCUT2D eigenvalue weighted by molar-refractivity contribution is 5.85. The van der Waals surface area contributed by atoms with Crippen LogP contribution in [0.25, 0.3) is 0 Å². The maximum absolute atomic E-state index is 5.74. The molecule has 1 N–H and O–H groups in total. The van der Waals surface area contributed by atoms with Gasteiger partial charge in [-0.1, -0.05) is 0 Å². The summed E-state index contributed by atoms with van der Waals surface area (Å²) >= 11 is 0. The van der Waals surface area contributed by atoms with Gasteiger partial charge in [-0.25, -0.2) is 0 Å². The fourth-order valence-corrected chi connectivity index (χ4v) is 2.54. The lowest BCUT2D eigenvalue weighted by atomic mass is 9.87. The van der Waals surface area contributed by atoms with Gasteiger partial charge in [0.25, 0.3) is 0 Å². The maximum atomic E-state index is 5.74. The number of rotatable bonds is 1.